The van der Waals surface area contributed by atoms with Crippen molar-refractivity contribution >= 4 is 0 Å². The molecule has 2 bridgehead atoms. The van der Waals surface area contributed by atoms with E-state index in [9.17, 15) is 0 Å². The Balaban J connectivity index is 1.60. The number of nitrogens with zero attached hydrogens (tertiary/aromatic N) is 1. The van der Waals surface area contributed by atoms with Crippen LogP contribution in [0.5, 0.6) is 0 Å². The Hall–Kier alpha value is -0.860. The average molecular weight is 286 g/mol. The molecule has 2 nitrogen and oxygen atoms in total. The summed E-state index contributed by atoms with van der Waals surface area (Å²) in [5, 5.41) is 0. The van der Waals surface area contributed by atoms with Gasteiger partial charge in [-0.1, -0.05) is 38.1 Å². The SMILES string of the molecule is CC(C)c1ccc(CC(N)C2CC3CCC(C2)N3C)cc1. The molecule has 0 aliphatic carbocycles. The van der Waals surface area contributed by atoms with Gasteiger partial charge in [-0.15, -0.1) is 0 Å². The van der Waals surface area contributed by atoms with Crippen molar-refractivity contribution in [1.29, 1.82) is 0 Å². The monoisotopic (exact) mass is 286 g/mol. The van der Waals surface area contributed by atoms with Crippen LogP contribution in [0, 0.1) is 5.92 Å². The Labute approximate surface area is 129 Å². The number of piperidine rings is 1. The molecule has 2 saturated heterocycles. The highest BCUT2D eigenvalue weighted by atomic mass is 15.2. The van der Waals surface area contributed by atoms with E-state index in [2.05, 4.69) is 50.1 Å². The lowest BCUT2D eigenvalue weighted by Gasteiger charge is -2.38. The van der Waals surface area contributed by atoms with Crippen LogP contribution in [-0.4, -0.2) is 30.1 Å². The first kappa shape index (κ1) is 15.1. The van der Waals surface area contributed by atoms with Crippen molar-refractivity contribution in [3.8, 4) is 0 Å². The molecule has 21 heavy (non-hydrogen) atoms. The van der Waals surface area contributed by atoms with E-state index in [0.29, 0.717) is 17.9 Å². The van der Waals surface area contributed by atoms with E-state index < -0.39 is 0 Å². The second-order valence-corrected chi connectivity index (χ2v) is 7.55. The minimum absolute atomic E-state index is 0.326. The second-order valence-electron chi connectivity index (χ2n) is 7.55. The zero-order valence-electron chi connectivity index (χ0n) is 13.8. The van der Waals surface area contributed by atoms with E-state index in [1.165, 1.54) is 36.8 Å². The normalized spacial score (nSPS) is 30.8. The summed E-state index contributed by atoms with van der Waals surface area (Å²) in [6, 6.07) is 11.0. The fourth-order valence-electron chi connectivity index (χ4n) is 4.28. The molecule has 0 saturated carbocycles. The fraction of sp³-hybridized carbons (Fsp3) is 0.684. The Morgan fingerprint density at radius 2 is 1.67 bits per heavy atom. The van der Waals surface area contributed by atoms with Gasteiger partial charge in [-0.25, -0.2) is 0 Å². The highest BCUT2D eigenvalue weighted by Crippen LogP contribution is 2.38. The Morgan fingerprint density at radius 1 is 1.10 bits per heavy atom. The molecule has 2 heteroatoms. The minimum Gasteiger partial charge on any atom is -0.327 e. The minimum atomic E-state index is 0.326. The van der Waals surface area contributed by atoms with Crippen molar-refractivity contribution in [1.82, 2.24) is 4.90 Å². The van der Waals surface area contributed by atoms with Gasteiger partial charge in [0.15, 0.2) is 0 Å². The highest BCUT2D eigenvalue weighted by Gasteiger charge is 2.40. The molecule has 3 rings (SSSR count). The summed E-state index contributed by atoms with van der Waals surface area (Å²) in [6.45, 7) is 4.49. The van der Waals surface area contributed by atoms with E-state index in [4.69, 9.17) is 5.73 Å². The average Bonchev–Trinajstić information content (AvgIpc) is 2.69. The zero-order valence-corrected chi connectivity index (χ0v) is 13.8. The topological polar surface area (TPSA) is 29.3 Å². The predicted molar refractivity (Wildman–Crippen MR) is 89.5 cm³/mol. The van der Waals surface area contributed by atoms with Gasteiger partial charge in [0.2, 0.25) is 0 Å². The largest absolute Gasteiger partial charge is 0.327 e. The molecule has 3 atom stereocenters. The van der Waals surface area contributed by atoms with Crippen molar-refractivity contribution in [2.45, 2.75) is 70.0 Å². The van der Waals surface area contributed by atoms with Crippen LogP contribution in [0.1, 0.15) is 56.6 Å². The Morgan fingerprint density at radius 3 is 2.19 bits per heavy atom. The van der Waals surface area contributed by atoms with Crippen LogP contribution in [0.4, 0.5) is 0 Å². The summed E-state index contributed by atoms with van der Waals surface area (Å²) in [5.74, 6) is 1.32. The van der Waals surface area contributed by atoms with Crippen LogP contribution < -0.4 is 5.73 Å². The van der Waals surface area contributed by atoms with Gasteiger partial charge < -0.3 is 10.6 Å². The van der Waals surface area contributed by atoms with Gasteiger partial charge >= 0.3 is 0 Å². The van der Waals surface area contributed by atoms with Crippen LogP contribution in [0.15, 0.2) is 24.3 Å². The number of hydrogen-bond donors (Lipinski definition) is 1. The van der Waals surface area contributed by atoms with Gasteiger partial charge in [-0.3, -0.25) is 0 Å². The summed E-state index contributed by atoms with van der Waals surface area (Å²) in [5.41, 5.74) is 9.38. The van der Waals surface area contributed by atoms with Crippen molar-refractivity contribution in [2.24, 2.45) is 11.7 Å². The van der Waals surface area contributed by atoms with Gasteiger partial charge in [0.25, 0.3) is 0 Å². The first-order chi connectivity index (χ1) is 10.0. The molecule has 1 aromatic carbocycles. The van der Waals surface area contributed by atoms with E-state index >= 15 is 0 Å². The third kappa shape index (κ3) is 3.17. The van der Waals surface area contributed by atoms with E-state index in [1.807, 2.05) is 0 Å². The summed E-state index contributed by atoms with van der Waals surface area (Å²) >= 11 is 0. The van der Waals surface area contributed by atoms with Crippen LogP contribution in [0.2, 0.25) is 0 Å². The molecule has 0 spiro atoms. The van der Waals surface area contributed by atoms with Crippen LogP contribution in [0.3, 0.4) is 0 Å². The molecule has 2 fully saturated rings. The lowest BCUT2D eigenvalue weighted by Crippen LogP contribution is -2.46. The van der Waals surface area contributed by atoms with Crippen molar-refractivity contribution < 1.29 is 0 Å². The Bertz CT molecular complexity index is 451. The van der Waals surface area contributed by atoms with Gasteiger partial charge in [0, 0.05) is 18.1 Å². The molecule has 0 amide bonds. The molecule has 0 aromatic heterocycles. The third-order valence-electron chi connectivity index (χ3n) is 5.86. The smallest absolute Gasteiger partial charge is 0.0109 e. The van der Waals surface area contributed by atoms with Gasteiger partial charge in [0.1, 0.15) is 0 Å². The maximum Gasteiger partial charge on any atom is 0.0109 e. The number of rotatable bonds is 4. The van der Waals surface area contributed by atoms with E-state index in [1.54, 1.807) is 0 Å². The maximum absolute atomic E-state index is 6.56. The van der Waals surface area contributed by atoms with E-state index in [-0.39, 0.29) is 0 Å². The molecule has 2 aliphatic rings. The summed E-state index contributed by atoms with van der Waals surface area (Å²) in [7, 11) is 2.30. The summed E-state index contributed by atoms with van der Waals surface area (Å²) in [6.07, 6.45) is 6.41. The standard InChI is InChI=1S/C19H30N2/c1-13(2)15-6-4-14(5-7-15)10-19(20)16-11-17-8-9-18(12-16)21(17)3/h4-7,13,16-19H,8-12,20H2,1-3H3. The lowest BCUT2D eigenvalue weighted by molar-refractivity contribution is 0.120. The quantitative estimate of drug-likeness (QED) is 0.917. The first-order valence-electron chi connectivity index (χ1n) is 8.61. The maximum atomic E-state index is 6.56. The third-order valence-corrected chi connectivity index (χ3v) is 5.86. The molecule has 2 heterocycles. The van der Waals surface area contributed by atoms with E-state index in [0.717, 1.165) is 18.5 Å². The van der Waals surface area contributed by atoms with Gasteiger partial charge in [-0.2, -0.15) is 0 Å². The molecule has 2 aliphatic heterocycles. The summed E-state index contributed by atoms with van der Waals surface area (Å²) in [4.78, 5) is 2.60. The van der Waals surface area contributed by atoms with Crippen molar-refractivity contribution in [3.05, 3.63) is 35.4 Å². The molecule has 116 valence electrons. The summed E-state index contributed by atoms with van der Waals surface area (Å²) < 4.78 is 0. The molecule has 2 N–H and O–H groups in total. The van der Waals surface area contributed by atoms with Crippen molar-refractivity contribution in [2.75, 3.05) is 7.05 Å². The predicted octanol–water partition coefficient (Wildman–Crippen LogP) is 3.55. The number of hydrogen-bond acceptors (Lipinski definition) is 2. The zero-order chi connectivity index (χ0) is 15.0. The Kier molecular flexibility index (Phi) is 4.37. The molecule has 3 unspecified atom stereocenters. The van der Waals surface area contributed by atoms with Crippen LogP contribution >= 0.6 is 0 Å². The van der Waals surface area contributed by atoms with Crippen molar-refractivity contribution in [3.63, 3.8) is 0 Å². The number of fused-ring (bicyclic) bond motifs is 2. The number of nitrogens with two attached hydrogens (primary N) is 1. The molecular formula is C19H30N2. The molecule has 1 aromatic rings. The van der Waals surface area contributed by atoms with Gasteiger partial charge in [-0.05, 0) is 62.1 Å². The first-order valence-corrected chi connectivity index (χ1v) is 8.61. The van der Waals surface area contributed by atoms with Crippen LogP contribution in [-0.2, 0) is 6.42 Å². The lowest BCUT2D eigenvalue weighted by atomic mass is 9.83. The van der Waals surface area contributed by atoms with Crippen LogP contribution in [0.25, 0.3) is 0 Å². The fourth-order valence-corrected chi connectivity index (χ4v) is 4.28. The molecule has 0 radical (unpaired) electrons. The molecular weight excluding hydrogens is 256 g/mol. The second kappa shape index (κ2) is 6.10. The number of benzene rings is 1. The van der Waals surface area contributed by atoms with Gasteiger partial charge in [0.05, 0.1) is 0 Å². The highest BCUT2D eigenvalue weighted by molar-refractivity contribution is 5.25.